The maximum atomic E-state index is 6.14. The first kappa shape index (κ1) is 19.5. The van der Waals surface area contributed by atoms with Gasteiger partial charge >= 0.3 is 0 Å². The summed E-state index contributed by atoms with van der Waals surface area (Å²) in [6.07, 6.45) is 5.25. The summed E-state index contributed by atoms with van der Waals surface area (Å²) in [6, 6.07) is 3.86. The number of anilines is 1. The molecule has 0 bridgehead atoms. The first-order valence-electron chi connectivity index (χ1n) is 10.4. The van der Waals surface area contributed by atoms with Gasteiger partial charge in [0.15, 0.2) is 5.76 Å². The molecule has 0 aromatic carbocycles. The second kappa shape index (κ2) is 7.32. The zero-order valence-electron chi connectivity index (χ0n) is 17.8. The van der Waals surface area contributed by atoms with Gasteiger partial charge in [0, 0.05) is 23.9 Å². The summed E-state index contributed by atoms with van der Waals surface area (Å²) in [4.78, 5) is 15.2. The van der Waals surface area contributed by atoms with Gasteiger partial charge in [-0.1, -0.05) is 13.8 Å². The lowest BCUT2D eigenvalue weighted by atomic mass is 9.89. The Balaban J connectivity index is 1.73. The average molecular weight is 423 g/mol. The molecule has 30 heavy (non-hydrogen) atoms. The van der Waals surface area contributed by atoms with Crippen molar-refractivity contribution in [2.45, 2.75) is 52.7 Å². The summed E-state index contributed by atoms with van der Waals surface area (Å²) in [5.41, 5.74) is 3.97. The number of pyridine rings is 1. The molecule has 7 heteroatoms. The topological polar surface area (TPSA) is 73.1 Å². The quantitative estimate of drug-likeness (QED) is 0.438. The van der Waals surface area contributed by atoms with E-state index in [1.165, 1.54) is 5.56 Å². The monoisotopic (exact) mass is 422 g/mol. The van der Waals surface area contributed by atoms with Gasteiger partial charge in [-0.3, -0.25) is 0 Å². The number of ether oxygens (including phenoxy) is 1. The van der Waals surface area contributed by atoms with Gasteiger partial charge in [-0.2, -0.15) is 0 Å². The summed E-state index contributed by atoms with van der Waals surface area (Å²) < 4.78 is 12.9. The van der Waals surface area contributed by atoms with E-state index in [2.05, 4.69) is 43.0 Å². The second-order valence-corrected chi connectivity index (χ2v) is 9.91. The molecule has 1 aliphatic heterocycles. The van der Waals surface area contributed by atoms with Gasteiger partial charge in [-0.15, -0.1) is 11.3 Å². The third kappa shape index (κ3) is 3.36. The third-order valence-electron chi connectivity index (χ3n) is 5.60. The molecule has 0 spiro atoms. The number of nitrogens with one attached hydrogen (secondary N) is 1. The van der Waals surface area contributed by atoms with Crippen molar-refractivity contribution in [2.75, 3.05) is 11.9 Å². The zero-order valence-corrected chi connectivity index (χ0v) is 18.6. The van der Waals surface area contributed by atoms with Crippen molar-refractivity contribution >= 4 is 37.6 Å². The van der Waals surface area contributed by atoms with Crippen LogP contribution >= 0.6 is 11.3 Å². The van der Waals surface area contributed by atoms with Crippen LogP contribution in [0.1, 0.15) is 45.2 Å². The van der Waals surface area contributed by atoms with Crippen molar-refractivity contribution in [3.05, 3.63) is 35.9 Å². The predicted octanol–water partition coefficient (Wildman–Crippen LogP) is 5.81. The maximum absolute atomic E-state index is 6.14. The number of aromatic nitrogens is 3. The standard InChI is InChI=1S/C23H26N4O2S/c1-13(2)7-8-24-21-20-19(25-12-26-21)17-14-10-23(3,4)29-11-15(14)18(27-22(17)30-20)16-6-5-9-28-16/h5-6,9,12-13H,7-8,10-11H2,1-4H3,(H,24,25,26). The summed E-state index contributed by atoms with van der Waals surface area (Å²) in [7, 11) is 0. The summed E-state index contributed by atoms with van der Waals surface area (Å²) >= 11 is 1.65. The van der Waals surface area contributed by atoms with Gasteiger partial charge in [0.05, 0.1) is 28.7 Å². The zero-order chi connectivity index (χ0) is 20.9. The molecule has 156 valence electrons. The third-order valence-corrected chi connectivity index (χ3v) is 6.68. The molecule has 5 heterocycles. The highest BCUT2D eigenvalue weighted by Gasteiger charge is 2.32. The van der Waals surface area contributed by atoms with E-state index in [-0.39, 0.29) is 5.60 Å². The van der Waals surface area contributed by atoms with Crippen LogP contribution in [0.25, 0.3) is 31.9 Å². The summed E-state index contributed by atoms with van der Waals surface area (Å²) in [5.74, 6) is 2.31. The average Bonchev–Trinajstić information content (AvgIpc) is 3.34. The van der Waals surface area contributed by atoms with Crippen LogP contribution in [0.4, 0.5) is 5.82 Å². The van der Waals surface area contributed by atoms with E-state index in [0.29, 0.717) is 12.5 Å². The maximum Gasteiger partial charge on any atom is 0.152 e. The molecule has 0 fully saturated rings. The molecule has 0 amide bonds. The molecule has 5 rings (SSSR count). The van der Waals surface area contributed by atoms with Crippen LogP contribution in [0.5, 0.6) is 0 Å². The van der Waals surface area contributed by atoms with E-state index < -0.39 is 0 Å². The molecule has 0 saturated carbocycles. The molecule has 0 unspecified atom stereocenters. The summed E-state index contributed by atoms with van der Waals surface area (Å²) in [5, 5.41) is 4.64. The number of nitrogens with zero attached hydrogens (tertiary/aromatic N) is 3. The Morgan fingerprint density at radius 1 is 1.23 bits per heavy atom. The Kier molecular flexibility index (Phi) is 4.75. The van der Waals surface area contributed by atoms with Crippen LogP contribution in [0.2, 0.25) is 0 Å². The SMILES string of the molecule is CC(C)CCNc1ncnc2c1sc1nc(-c3ccco3)c3c(c12)CC(C)(C)OC3. The molecule has 4 aromatic rings. The smallest absolute Gasteiger partial charge is 0.152 e. The lowest BCUT2D eigenvalue weighted by molar-refractivity contribution is -0.0395. The Hall–Kier alpha value is -2.51. The molecule has 1 N–H and O–H groups in total. The van der Waals surface area contributed by atoms with Gasteiger partial charge in [-0.25, -0.2) is 15.0 Å². The Morgan fingerprint density at radius 3 is 2.87 bits per heavy atom. The molecule has 1 aliphatic rings. The van der Waals surface area contributed by atoms with Gasteiger partial charge in [-0.05, 0) is 43.9 Å². The highest BCUT2D eigenvalue weighted by Crippen LogP contribution is 2.44. The molecule has 0 saturated heterocycles. The number of hydrogen-bond acceptors (Lipinski definition) is 7. The minimum absolute atomic E-state index is 0.235. The fourth-order valence-electron chi connectivity index (χ4n) is 4.03. The van der Waals surface area contributed by atoms with Gasteiger partial charge < -0.3 is 14.5 Å². The molecular formula is C23H26N4O2S. The molecular weight excluding hydrogens is 396 g/mol. The van der Waals surface area contributed by atoms with Gasteiger partial charge in [0.25, 0.3) is 0 Å². The normalized spacial score (nSPS) is 15.8. The van der Waals surface area contributed by atoms with E-state index >= 15 is 0 Å². The Bertz CT molecular complexity index is 1210. The van der Waals surface area contributed by atoms with Crippen LogP contribution in [-0.2, 0) is 17.8 Å². The van der Waals surface area contributed by atoms with E-state index in [9.17, 15) is 0 Å². The van der Waals surface area contributed by atoms with Crippen molar-refractivity contribution in [3.63, 3.8) is 0 Å². The Morgan fingerprint density at radius 2 is 2.10 bits per heavy atom. The van der Waals surface area contributed by atoms with Crippen LogP contribution < -0.4 is 5.32 Å². The van der Waals surface area contributed by atoms with E-state index in [1.807, 2.05) is 12.1 Å². The molecule has 0 atom stereocenters. The van der Waals surface area contributed by atoms with Crippen molar-refractivity contribution in [3.8, 4) is 11.5 Å². The van der Waals surface area contributed by atoms with E-state index in [1.54, 1.807) is 23.9 Å². The first-order chi connectivity index (χ1) is 14.4. The lowest BCUT2D eigenvalue weighted by Crippen LogP contribution is -2.32. The minimum Gasteiger partial charge on any atom is -0.463 e. The second-order valence-electron chi connectivity index (χ2n) is 8.91. The highest BCUT2D eigenvalue weighted by atomic mass is 32.1. The molecule has 0 aliphatic carbocycles. The fourth-order valence-corrected chi connectivity index (χ4v) is 5.15. The van der Waals surface area contributed by atoms with Crippen molar-refractivity contribution < 1.29 is 9.15 Å². The van der Waals surface area contributed by atoms with Crippen LogP contribution in [-0.4, -0.2) is 27.1 Å². The fraction of sp³-hybridized carbons (Fsp3) is 0.435. The lowest BCUT2D eigenvalue weighted by Gasteiger charge is -2.32. The van der Waals surface area contributed by atoms with Crippen molar-refractivity contribution in [1.29, 1.82) is 0 Å². The molecule has 6 nitrogen and oxygen atoms in total. The van der Waals surface area contributed by atoms with Crippen LogP contribution in [0.3, 0.4) is 0 Å². The van der Waals surface area contributed by atoms with Crippen molar-refractivity contribution in [1.82, 2.24) is 15.0 Å². The Labute approximate surface area is 179 Å². The van der Waals surface area contributed by atoms with Crippen LogP contribution in [0, 0.1) is 5.92 Å². The number of thiophene rings is 1. The number of rotatable bonds is 5. The number of hydrogen-bond donors (Lipinski definition) is 1. The summed E-state index contributed by atoms with van der Waals surface area (Å²) in [6.45, 7) is 10.1. The highest BCUT2D eigenvalue weighted by molar-refractivity contribution is 7.26. The van der Waals surface area contributed by atoms with E-state index in [0.717, 1.165) is 62.7 Å². The van der Waals surface area contributed by atoms with E-state index in [4.69, 9.17) is 14.1 Å². The van der Waals surface area contributed by atoms with Crippen LogP contribution in [0.15, 0.2) is 29.1 Å². The van der Waals surface area contributed by atoms with Gasteiger partial charge in [0.1, 0.15) is 22.7 Å². The largest absolute Gasteiger partial charge is 0.463 e. The van der Waals surface area contributed by atoms with Gasteiger partial charge in [0.2, 0.25) is 0 Å². The number of fused-ring (bicyclic) bond motifs is 5. The molecule has 0 radical (unpaired) electrons. The number of furan rings is 1. The molecule has 4 aromatic heterocycles. The predicted molar refractivity (Wildman–Crippen MR) is 121 cm³/mol. The first-order valence-corrected chi connectivity index (χ1v) is 11.3. The minimum atomic E-state index is -0.235. The van der Waals surface area contributed by atoms with Crippen molar-refractivity contribution in [2.24, 2.45) is 5.92 Å².